The van der Waals surface area contributed by atoms with Crippen LogP contribution < -0.4 is 21.5 Å². The van der Waals surface area contributed by atoms with Crippen LogP contribution in [0, 0.1) is 0 Å². The van der Waals surface area contributed by atoms with Gasteiger partial charge in [-0.15, -0.1) is 0 Å². The second kappa shape index (κ2) is 7.83. The number of halogens is 2. The molecule has 150 valence electrons. The van der Waals surface area contributed by atoms with Gasteiger partial charge in [0, 0.05) is 21.4 Å². The highest BCUT2D eigenvalue weighted by molar-refractivity contribution is 8.14. The number of hydrazine groups is 1. The molecule has 0 saturated carbocycles. The van der Waals surface area contributed by atoms with E-state index in [0.717, 1.165) is 24.3 Å². The monoisotopic (exact) mass is 466 g/mol. The third kappa shape index (κ3) is 4.84. The SMILES string of the molecule is NC(=O)N(c1ccc(S(=O)(=O)Cl)cc1)N(C(N)=O)c1ccc(S(=O)(=O)Cl)cc1. The summed E-state index contributed by atoms with van der Waals surface area (Å²) < 4.78 is 45.4. The number of nitrogens with zero attached hydrogens (tertiary/aromatic N) is 2. The van der Waals surface area contributed by atoms with Gasteiger partial charge in [0.05, 0.1) is 21.2 Å². The zero-order chi connectivity index (χ0) is 21.3. The Labute approximate surface area is 169 Å². The molecule has 0 unspecified atom stereocenters. The van der Waals surface area contributed by atoms with Crippen molar-refractivity contribution in [3.63, 3.8) is 0 Å². The minimum absolute atomic E-state index is 0.00981. The average Bonchev–Trinajstić information content (AvgIpc) is 2.57. The Kier molecular flexibility index (Phi) is 6.09. The van der Waals surface area contributed by atoms with Crippen LogP contribution in [0.15, 0.2) is 58.3 Å². The largest absolute Gasteiger partial charge is 0.350 e. The minimum atomic E-state index is -4.01. The van der Waals surface area contributed by atoms with Crippen LogP contribution in [-0.4, -0.2) is 28.9 Å². The number of carbonyl (C=O) groups is 2. The molecule has 10 nitrogen and oxygen atoms in total. The van der Waals surface area contributed by atoms with Crippen molar-refractivity contribution >= 4 is 62.9 Å². The van der Waals surface area contributed by atoms with Gasteiger partial charge in [-0.25, -0.2) is 26.4 Å². The lowest BCUT2D eigenvalue weighted by atomic mass is 10.3. The van der Waals surface area contributed by atoms with Gasteiger partial charge in [-0.1, -0.05) is 0 Å². The molecule has 0 radical (unpaired) electrons. The molecule has 0 aromatic heterocycles. The van der Waals surface area contributed by atoms with Crippen molar-refractivity contribution < 1.29 is 26.4 Å². The first-order valence-corrected chi connectivity index (χ1v) is 11.7. The van der Waals surface area contributed by atoms with Crippen molar-refractivity contribution in [2.45, 2.75) is 9.79 Å². The molecule has 0 bridgehead atoms. The number of hydrogen-bond acceptors (Lipinski definition) is 6. The Morgan fingerprint density at radius 3 is 1.07 bits per heavy atom. The summed E-state index contributed by atoms with van der Waals surface area (Å²) in [5.74, 6) is 0. The van der Waals surface area contributed by atoms with Gasteiger partial charge in [0.15, 0.2) is 0 Å². The molecule has 2 aromatic carbocycles. The summed E-state index contributed by atoms with van der Waals surface area (Å²) in [5.41, 5.74) is 10.7. The maximum absolute atomic E-state index is 12.0. The lowest BCUT2D eigenvalue weighted by molar-refractivity contribution is 0.245. The summed E-state index contributed by atoms with van der Waals surface area (Å²) in [6.07, 6.45) is 0. The topological polar surface area (TPSA) is 161 Å². The van der Waals surface area contributed by atoms with Crippen molar-refractivity contribution in [3.05, 3.63) is 48.5 Å². The van der Waals surface area contributed by atoms with E-state index in [4.69, 9.17) is 32.8 Å². The lowest BCUT2D eigenvalue weighted by Gasteiger charge is -2.32. The minimum Gasteiger partial charge on any atom is -0.350 e. The molecule has 4 N–H and O–H groups in total. The molecule has 2 aromatic rings. The van der Waals surface area contributed by atoms with Crippen LogP contribution >= 0.6 is 21.4 Å². The number of benzene rings is 2. The highest BCUT2D eigenvalue weighted by Gasteiger charge is 2.27. The fraction of sp³-hybridized carbons (Fsp3) is 0. The number of urea groups is 2. The fourth-order valence-electron chi connectivity index (χ4n) is 2.18. The maximum atomic E-state index is 12.0. The molecule has 0 heterocycles. The van der Waals surface area contributed by atoms with E-state index in [1.54, 1.807) is 0 Å². The Bertz CT molecular complexity index is 1030. The number of carbonyl (C=O) groups excluding carboxylic acids is 2. The van der Waals surface area contributed by atoms with E-state index in [0.29, 0.717) is 10.0 Å². The number of hydrogen-bond donors (Lipinski definition) is 2. The number of primary amides is 2. The summed E-state index contributed by atoms with van der Waals surface area (Å²) >= 11 is 0. The molecule has 0 saturated heterocycles. The van der Waals surface area contributed by atoms with Crippen molar-refractivity contribution in [2.24, 2.45) is 11.5 Å². The van der Waals surface area contributed by atoms with Gasteiger partial charge in [0.2, 0.25) is 0 Å². The number of nitrogens with two attached hydrogens (primary N) is 2. The summed E-state index contributed by atoms with van der Waals surface area (Å²) in [4.78, 5) is 23.4. The molecule has 0 aliphatic heterocycles. The van der Waals surface area contributed by atoms with Crippen LogP contribution in [0.25, 0.3) is 0 Å². The second-order valence-corrected chi connectivity index (χ2v) is 10.3. The third-order valence-corrected chi connectivity index (χ3v) is 6.08. The summed E-state index contributed by atoms with van der Waals surface area (Å²) in [5, 5.41) is 1.33. The smallest absolute Gasteiger partial charge is 0.338 e. The highest BCUT2D eigenvalue weighted by Crippen LogP contribution is 2.26. The molecule has 0 atom stereocenters. The molecule has 28 heavy (non-hydrogen) atoms. The van der Waals surface area contributed by atoms with E-state index in [2.05, 4.69) is 0 Å². The van der Waals surface area contributed by atoms with E-state index in [1.807, 2.05) is 0 Å². The summed E-state index contributed by atoms with van der Waals surface area (Å²) in [6.45, 7) is 0. The van der Waals surface area contributed by atoms with Crippen molar-refractivity contribution in [1.29, 1.82) is 0 Å². The first-order chi connectivity index (χ1) is 12.8. The average molecular weight is 467 g/mol. The van der Waals surface area contributed by atoms with Gasteiger partial charge in [0.1, 0.15) is 0 Å². The quantitative estimate of drug-likeness (QED) is 0.516. The summed E-state index contributed by atoms with van der Waals surface area (Å²) in [7, 11) is 2.45. The molecule has 2 rings (SSSR count). The van der Waals surface area contributed by atoms with Gasteiger partial charge >= 0.3 is 12.1 Å². The van der Waals surface area contributed by atoms with Gasteiger partial charge in [-0.05, 0) is 48.5 Å². The summed E-state index contributed by atoms with van der Waals surface area (Å²) in [6, 6.07) is 6.81. The van der Waals surface area contributed by atoms with Crippen LogP contribution in [0.5, 0.6) is 0 Å². The molecular formula is C14H12Cl2N4O6S2. The van der Waals surface area contributed by atoms with Gasteiger partial charge in [-0.2, -0.15) is 10.0 Å². The highest BCUT2D eigenvalue weighted by atomic mass is 35.7. The number of rotatable bonds is 4. The van der Waals surface area contributed by atoms with E-state index in [1.165, 1.54) is 24.3 Å². The molecule has 4 amide bonds. The predicted molar refractivity (Wildman–Crippen MR) is 103 cm³/mol. The predicted octanol–water partition coefficient (Wildman–Crippen LogP) is 1.93. The Balaban J connectivity index is 2.54. The Morgan fingerprint density at radius 2 is 0.893 bits per heavy atom. The third-order valence-electron chi connectivity index (χ3n) is 3.34. The van der Waals surface area contributed by atoms with Gasteiger partial charge < -0.3 is 11.5 Å². The zero-order valence-electron chi connectivity index (χ0n) is 13.7. The van der Waals surface area contributed by atoms with E-state index in [-0.39, 0.29) is 21.2 Å². The zero-order valence-corrected chi connectivity index (χ0v) is 16.8. The van der Waals surface area contributed by atoms with E-state index in [9.17, 15) is 26.4 Å². The normalized spacial score (nSPS) is 11.6. The maximum Gasteiger partial charge on any atom is 0.338 e. The molecule has 0 fully saturated rings. The van der Waals surface area contributed by atoms with Crippen LogP contribution in [0.1, 0.15) is 0 Å². The van der Waals surface area contributed by atoms with Crippen LogP contribution in [-0.2, 0) is 18.1 Å². The Hall–Kier alpha value is -2.54. The Morgan fingerprint density at radius 1 is 0.643 bits per heavy atom. The van der Waals surface area contributed by atoms with Crippen LogP contribution in [0.2, 0.25) is 0 Å². The van der Waals surface area contributed by atoms with Crippen molar-refractivity contribution in [1.82, 2.24) is 0 Å². The van der Waals surface area contributed by atoms with Gasteiger partial charge in [-0.3, -0.25) is 0 Å². The van der Waals surface area contributed by atoms with Crippen LogP contribution in [0.3, 0.4) is 0 Å². The van der Waals surface area contributed by atoms with Crippen LogP contribution in [0.4, 0.5) is 21.0 Å². The molecule has 0 spiro atoms. The molecule has 0 aliphatic carbocycles. The molecular weight excluding hydrogens is 455 g/mol. The fourth-order valence-corrected chi connectivity index (χ4v) is 3.72. The van der Waals surface area contributed by atoms with Crippen molar-refractivity contribution in [3.8, 4) is 0 Å². The number of amides is 4. The van der Waals surface area contributed by atoms with E-state index >= 15 is 0 Å². The lowest BCUT2D eigenvalue weighted by Crippen LogP contribution is -2.54. The van der Waals surface area contributed by atoms with Crippen molar-refractivity contribution in [2.75, 3.05) is 10.0 Å². The van der Waals surface area contributed by atoms with Gasteiger partial charge in [0.25, 0.3) is 18.1 Å². The van der Waals surface area contributed by atoms with E-state index < -0.39 is 30.2 Å². The first kappa shape index (κ1) is 21.8. The molecule has 0 aliphatic rings. The second-order valence-electron chi connectivity index (χ2n) is 5.16. The number of anilines is 2. The molecule has 14 heteroatoms. The first-order valence-electron chi connectivity index (χ1n) is 7.11. The standard InChI is InChI=1S/C14H12Cl2N4O6S2/c15-27(23,24)11-5-1-9(2-6-11)19(13(17)21)20(14(18)22)10-3-7-12(8-4-10)28(16,25)26/h1-8H,(H2,17,21)(H2,18,22).